The standard InChI is InChI=1S/C25H21F4N3O5S2/c1-15-8-17(25(27,28)29)10-19(9-15)37-22-7-6-20(12-21(22)26)39(33,34)32(24-30-14-31-38-24)13-16-4-5-18(35-2)11-23(16)36-3/h4-12,14H,13H2,1-3H3. The van der Waals surface area contributed by atoms with Crippen LogP contribution in [0.5, 0.6) is 23.0 Å². The Morgan fingerprint density at radius 1 is 0.949 bits per heavy atom. The Morgan fingerprint density at radius 2 is 1.72 bits per heavy atom. The van der Waals surface area contributed by atoms with E-state index in [0.717, 1.165) is 46.2 Å². The van der Waals surface area contributed by atoms with Crippen molar-refractivity contribution in [2.24, 2.45) is 0 Å². The number of aromatic nitrogens is 2. The van der Waals surface area contributed by atoms with Gasteiger partial charge in [0.15, 0.2) is 11.6 Å². The van der Waals surface area contributed by atoms with E-state index in [1.54, 1.807) is 18.2 Å². The molecular weight excluding hydrogens is 562 g/mol. The SMILES string of the molecule is COc1ccc(CN(c2ncns2)S(=O)(=O)c2ccc(Oc3cc(C)cc(C(F)(F)F)c3)c(F)c2)c(OC)c1. The van der Waals surface area contributed by atoms with Crippen LogP contribution in [0.15, 0.2) is 65.8 Å². The van der Waals surface area contributed by atoms with Gasteiger partial charge in [-0.25, -0.2) is 22.1 Å². The number of halogens is 4. The number of ether oxygens (including phenoxy) is 3. The average molecular weight is 584 g/mol. The lowest BCUT2D eigenvalue weighted by Gasteiger charge is -2.23. The minimum Gasteiger partial charge on any atom is -0.497 e. The van der Waals surface area contributed by atoms with Crippen LogP contribution in [0.2, 0.25) is 0 Å². The van der Waals surface area contributed by atoms with Crippen LogP contribution >= 0.6 is 11.5 Å². The molecule has 1 heterocycles. The molecule has 0 radical (unpaired) electrons. The van der Waals surface area contributed by atoms with Crippen LogP contribution in [-0.2, 0) is 22.7 Å². The van der Waals surface area contributed by atoms with Crippen LogP contribution in [-0.4, -0.2) is 32.0 Å². The van der Waals surface area contributed by atoms with Crippen LogP contribution in [0.4, 0.5) is 22.7 Å². The average Bonchev–Trinajstić information content (AvgIpc) is 3.42. The molecule has 4 rings (SSSR count). The van der Waals surface area contributed by atoms with Crippen LogP contribution in [0.25, 0.3) is 0 Å². The molecule has 0 saturated carbocycles. The maximum atomic E-state index is 15.0. The first-order valence-electron chi connectivity index (χ1n) is 11.1. The first kappa shape index (κ1) is 28.1. The smallest absolute Gasteiger partial charge is 0.416 e. The number of aryl methyl sites for hydroxylation is 1. The van der Waals surface area contributed by atoms with E-state index in [4.69, 9.17) is 14.2 Å². The molecule has 0 fully saturated rings. The molecule has 0 amide bonds. The van der Waals surface area contributed by atoms with Crippen LogP contribution in [0.3, 0.4) is 0 Å². The van der Waals surface area contributed by atoms with Gasteiger partial charge >= 0.3 is 6.18 Å². The fourth-order valence-corrected chi connectivity index (χ4v) is 5.76. The number of rotatable bonds is 9. The van der Waals surface area contributed by atoms with E-state index in [-0.39, 0.29) is 23.0 Å². The number of anilines is 1. The number of alkyl halides is 3. The van der Waals surface area contributed by atoms with Crippen molar-refractivity contribution < 1.29 is 40.2 Å². The third-order valence-electron chi connectivity index (χ3n) is 5.47. The minimum atomic E-state index is -4.62. The van der Waals surface area contributed by atoms with E-state index >= 15 is 4.39 Å². The van der Waals surface area contributed by atoms with E-state index in [9.17, 15) is 21.6 Å². The highest BCUT2D eigenvalue weighted by Gasteiger charge is 2.32. The predicted molar refractivity (Wildman–Crippen MR) is 135 cm³/mol. The molecule has 0 aliphatic heterocycles. The highest BCUT2D eigenvalue weighted by molar-refractivity contribution is 7.93. The van der Waals surface area contributed by atoms with Crippen LogP contribution in [0, 0.1) is 12.7 Å². The zero-order valence-corrected chi connectivity index (χ0v) is 22.3. The van der Waals surface area contributed by atoms with Crippen LogP contribution < -0.4 is 18.5 Å². The molecule has 0 N–H and O–H groups in total. The summed E-state index contributed by atoms with van der Waals surface area (Å²) in [6, 6.07) is 10.7. The second-order valence-electron chi connectivity index (χ2n) is 8.14. The quantitative estimate of drug-likeness (QED) is 0.217. The molecule has 0 aliphatic rings. The van der Waals surface area contributed by atoms with Crippen molar-refractivity contribution in [3.8, 4) is 23.0 Å². The summed E-state index contributed by atoms with van der Waals surface area (Å²) in [5, 5.41) is 0.0213. The summed E-state index contributed by atoms with van der Waals surface area (Å²) in [5.41, 5.74) is -0.239. The molecule has 0 unspecified atom stereocenters. The molecule has 39 heavy (non-hydrogen) atoms. The van der Waals surface area contributed by atoms with Crippen molar-refractivity contribution in [2.75, 3.05) is 18.5 Å². The molecule has 0 spiro atoms. The largest absolute Gasteiger partial charge is 0.497 e. The number of hydrogen-bond donors (Lipinski definition) is 0. The third-order valence-corrected chi connectivity index (χ3v) is 8.00. The molecular formula is C25H21F4N3O5S2. The van der Waals surface area contributed by atoms with Gasteiger partial charge in [-0.1, -0.05) is 0 Å². The molecule has 14 heteroatoms. The Morgan fingerprint density at radius 3 is 2.33 bits per heavy atom. The molecule has 8 nitrogen and oxygen atoms in total. The predicted octanol–water partition coefficient (Wildman–Crippen LogP) is 6.21. The van der Waals surface area contributed by atoms with Crippen molar-refractivity contribution in [1.82, 2.24) is 9.36 Å². The fraction of sp³-hybridized carbons (Fsp3) is 0.200. The molecule has 0 saturated heterocycles. The van der Waals surface area contributed by atoms with E-state index in [2.05, 4.69) is 9.36 Å². The highest BCUT2D eigenvalue weighted by atomic mass is 32.2. The van der Waals surface area contributed by atoms with E-state index in [1.807, 2.05) is 0 Å². The summed E-state index contributed by atoms with van der Waals surface area (Å²) in [6.07, 6.45) is -3.44. The summed E-state index contributed by atoms with van der Waals surface area (Å²) in [5.74, 6) is -0.948. The van der Waals surface area contributed by atoms with Gasteiger partial charge in [0.2, 0.25) is 5.13 Å². The first-order valence-corrected chi connectivity index (χ1v) is 13.3. The van der Waals surface area contributed by atoms with E-state index in [0.29, 0.717) is 17.1 Å². The van der Waals surface area contributed by atoms with Gasteiger partial charge in [-0.15, -0.1) is 0 Å². The lowest BCUT2D eigenvalue weighted by atomic mass is 10.1. The third kappa shape index (κ3) is 6.23. The Kier molecular flexibility index (Phi) is 7.97. The van der Waals surface area contributed by atoms with Crippen LogP contribution in [0.1, 0.15) is 16.7 Å². The van der Waals surface area contributed by atoms with E-state index < -0.39 is 38.2 Å². The number of methoxy groups -OCH3 is 2. The topological polar surface area (TPSA) is 90.9 Å². The Hall–Kier alpha value is -3.91. The van der Waals surface area contributed by atoms with Crippen molar-refractivity contribution in [1.29, 1.82) is 0 Å². The molecule has 4 aromatic rings. The summed E-state index contributed by atoms with van der Waals surface area (Å²) < 4.78 is 103. The van der Waals surface area contributed by atoms with Crippen molar-refractivity contribution in [3.63, 3.8) is 0 Å². The van der Waals surface area contributed by atoms with Gasteiger partial charge in [-0.3, -0.25) is 0 Å². The zero-order chi connectivity index (χ0) is 28.4. The number of hydrogen-bond acceptors (Lipinski definition) is 8. The highest BCUT2D eigenvalue weighted by Crippen LogP contribution is 2.36. The minimum absolute atomic E-state index is 0.0213. The Labute approximate surface area is 225 Å². The summed E-state index contributed by atoms with van der Waals surface area (Å²) in [4.78, 5) is 3.57. The zero-order valence-electron chi connectivity index (χ0n) is 20.7. The van der Waals surface area contributed by atoms with Crippen molar-refractivity contribution in [2.45, 2.75) is 24.5 Å². The molecule has 1 aromatic heterocycles. The van der Waals surface area contributed by atoms with Gasteiger partial charge in [0.1, 0.15) is 23.6 Å². The van der Waals surface area contributed by atoms with Gasteiger partial charge < -0.3 is 14.2 Å². The maximum absolute atomic E-state index is 15.0. The van der Waals surface area contributed by atoms with Gasteiger partial charge in [0.05, 0.1) is 31.2 Å². The molecule has 206 valence electrons. The van der Waals surface area contributed by atoms with Gasteiger partial charge in [0.25, 0.3) is 10.0 Å². The lowest BCUT2D eigenvalue weighted by Crippen LogP contribution is -2.30. The Balaban J connectivity index is 1.68. The maximum Gasteiger partial charge on any atom is 0.416 e. The number of sulfonamides is 1. The van der Waals surface area contributed by atoms with Gasteiger partial charge in [-0.05, 0) is 61.0 Å². The fourth-order valence-electron chi connectivity index (χ4n) is 3.62. The van der Waals surface area contributed by atoms with Crippen molar-refractivity contribution >= 4 is 26.7 Å². The van der Waals surface area contributed by atoms with Crippen molar-refractivity contribution in [3.05, 3.63) is 83.4 Å². The molecule has 0 bridgehead atoms. The molecule has 3 aromatic carbocycles. The lowest BCUT2D eigenvalue weighted by molar-refractivity contribution is -0.137. The van der Waals surface area contributed by atoms with Gasteiger partial charge in [0, 0.05) is 23.2 Å². The summed E-state index contributed by atoms with van der Waals surface area (Å²) >= 11 is 0.816. The summed E-state index contributed by atoms with van der Waals surface area (Å²) in [7, 11) is -1.50. The first-order chi connectivity index (χ1) is 18.4. The molecule has 0 atom stereocenters. The second-order valence-corrected chi connectivity index (χ2v) is 10.8. The molecule has 0 aliphatic carbocycles. The monoisotopic (exact) mass is 583 g/mol. The Bertz CT molecular complexity index is 1580. The van der Waals surface area contributed by atoms with E-state index in [1.165, 1.54) is 33.5 Å². The van der Waals surface area contributed by atoms with Gasteiger partial charge in [-0.2, -0.15) is 17.5 Å². The normalized spacial score (nSPS) is 11.8. The summed E-state index contributed by atoms with van der Waals surface area (Å²) in [6.45, 7) is 1.21. The second kappa shape index (κ2) is 11.1. The number of benzene rings is 3. The number of nitrogens with zero attached hydrogens (tertiary/aromatic N) is 3.